The molecule has 2 rings (SSSR count). The van der Waals surface area contributed by atoms with E-state index < -0.39 is 0 Å². The molecule has 0 saturated carbocycles. The fourth-order valence-electron chi connectivity index (χ4n) is 1.36. The SMILES string of the molecule is Cc1ccc(-c2cccc(N)n2)cc1Cl. The van der Waals surface area contributed by atoms with Gasteiger partial charge in [-0.3, -0.25) is 0 Å². The molecule has 0 amide bonds. The fraction of sp³-hybridized carbons (Fsp3) is 0.0833. The van der Waals surface area contributed by atoms with E-state index in [1.807, 2.05) is 37.3 Å². The second-order valence-corrected chi connectivity index (χ2v) is 3.82. The Balaban J connectivity index is 2.50. The molecule has 1 aromatic heterocycles. The van der Waals surface area contributed by atoms with Crippen molar-refractivity contribution in [2.75, 3.05) is 5.73 Å². The molecule has 0 aliphatic heterocycles. The molecule has 0 atom stereocenters. The van der Waals surface area contributed by atoms with Gasteiger partial charge in [-0.15, -0.1) is 0 Å². The quantitative estimate of drug-likeness (QED) is 0.798. The molecule has 0 bridgehead atoms. The summed E-state index contributed by atoms with van der Waals surface area (Å²) in [7, 11) is 0. The van der Waals surface area contributed by atoms with E-state index >= 15 is 0 Å². The molecule has 0 aliphatic carbocycles. The Hall–Kier alpha value is -1.54. The highest BCUT2D eigenvalue weighted by Gasteiger charge is 2.02. The van der Waals surface area contributed by atoms with Crippen LogP contribution < -0.4 is 5.73 Å². The monoisotopic (exact) mass is 218 g/mol. The number of nitrogens with zero attached hydrogens (tertiary/aromatic N) is 1. The van der Waals surface area contributed by atoms with Crippen LogP contribution in [0.3, 0.4) is 0 Å². The summed E-state index contributed by atoms with van der Waals surface area (Å²) in [5.41, 5.74) is 8.51. The summed E-state index contributed by atoms with van der Waals surface area (Å²) in [5.74, 6) is 0.518. The standard InChI is InChI=1S/C12H11ClN2/c1-8-5-6-9(7-10(8)13)11-3-2-4-12(14)15-11/h2-7H,1H3,(H2,14,15). The Kier molecular flexibility index (Phi) is 2.60. The summed E-state index contributed by atoms with van der Waals surface area (Å²) in [6, 6.07) is 11.4. The summed E-state index contributed by atoms with van der Waals surface area (Å²) in [6.07, 6.45) is 0. The highest BCUT2D eigenvalue weighted by molar-refractivity contribution is 6.31. The highest BCUT2D eigenvalue weighted by Crippen LogP contribution is 2.24. The average molecular weight is 219 g/mol. The number of rotatable bonds is 1. The van der Waals surface area contributed by atoms with Gasteiger partial charge in [0.05, 0.1) is 5.69 Å². The second-order valence-electron chi connectivity index (χ2n) is 3.41. The van der Waals surface area contributed by atoms with Crippen molar-refractivity contribution in [3.63, 3.8) is 0 Å². The summed E-state index contributed by atoms with van der Waals surface area (Å²) < 4.78 is 0. The van der Waals surface area contributed by atoms with E-state index in [-0.39, 0.29) is 0 Å². The van der Waals surface area contributed by atoms with Crippen LogP contribution in [0.5, 0.6) is 0 Å². The Morgan fingerprint density at radius 3 is 2.67 bits per heavy atom. The number of benzene rings is 1. The molecule has 2 aromatic rings. The number of hydrogen-bond acceptors (Lipinski definition) is 2. The van der Waals surface area contributed by atoms with Crippen LogP contribution in [0.25, 0.3) is 11.3 Å². The lowest BCUT2D eigenvalue weighted by Gasteiger charge is -2.04. The van der Waals surface area contributed by atoms with Crippen molar-refractivity contribution in [1.82, 2.24) is 4.98 Å². The summed E-state index contributed by atoms with van der Waals surface area (Å²) in [5, 5.41) is 0.747. The lowest BCUT2D eigenvalue weighted by atomic mass is 10.1. The van der Waals surface area contributed by atoms with Crippen LogP contribution >= 0.6 is 11.6 Å². The number of halogens is 1. The third-order valence-corrected chi connectivity index (χ3v) is 2.65. The maximum atomic E-state index is 6.04. The molecule has 0 radical (unpaired) electrons. The van der Waals surface area contributed by atoms with Crippen molar-refractivity contribution in [1.29, 1.82) is 0 Å². The van der Waals surface area contributed by atoms with E-state index in [1.165, 1.54) is 0 Å². The predicted molar refractivity (Wildman–Crippen MR) is 63.8 cm³/mol. The van der Waals surface area contributed by atoms with Gasteiger partial charge in [-0.1, -0.05) is 29.8 Å². The molecule has 76 valence electrons. The number of hydrogen-bond donors (Lipinski definition) is 1. The van der Waals surface area contributed by atoms with Gasteiger partial charge in [-0.05, 0) is 30.7 Å². The molecule has 0 saturated heterocycles. The molecule has 0 spiro atoms. The van der Waals surface area contributed by atoms with Gasteiger partial charge >= 0.3 is 0 Å². The predicted octanol–water partition coefficient (Wildman–Crippen LogP) is 3.29. The van der Waals surface area contributed by atoms with Crippen molar-refractivity contribution in [2.45, 2.75) is 6.92 Å². The van der Waals surface area contributed by atoms with Gasteiger partial charge in [0, 0.05) is 10.6 Å². The van der Waals surface area contributed by atoms with Gasteiger partial charge in [0.1, 0.15) is 5.82 Å². The van der Waals surface area contributed by atoms with Crippen LogP contribution in [-0.2, 0) is 0 Å². The van der Waals surface area contributed by atoms with Crippen LogP contribution in [0.2, 0.25) is 5.02 Å². The summed E-state index contributed by atoms with van der Waals surface area (Å²) in [6.45, 7) is 1.97. The zero-order valence-electron chi connectivity index (χ0n) is 8.37. The van der Waals surface area contributed by atoms with E-state index in [4.69, 9.17) is 17.3 Å². The number of nitrogen functional groups attached to an aromatic ring is 1. The zero-order chi connectivity index (χ0) is 10.8. The molecular formula is C12H11ClN2. The van der Waals surface area contributed by atoms with E-state index in [9.17, 15) is 0 Å². The molecular weight excluding hydrogens is 208 g/mol. The molecule has 2 nitrogen and oxygen atoms in total. The Morgan fingerprint density at radius 1 is 1.20 bits per heavy atom. The topological polar surface area (TPSA) is 38.9 Å². The van der Waals surface area contributed by atoms with Gasteiger partial charge in [0.25, 0.3) is 0 Å². The molecule has 1 heterocycles. The lowest BCUT2D eigenvalue weighted by molar-refractivity contribution is 1.33. The minimum Gasteiger partial charge on any atom is -0.384 e. The van der Waals surface area contributed by atoms with Crippen LogP contribution in [0.4, 0.5) is 5.82 Å². The molecule has 0 unspecified atom stereocenters. The number of aryl methyl sites for hydroxylation is 1. The summed E-state index contributed by atoms with van der Waals surface area (Å²) in [4.78, 5) is 4.23. The smallest absolute Gasteiger partial charge is 0.124 e. The van der Waals surface area contributed by atoms with Crippen LogP contribution in [0.1, 0.15) is 5.56 Å². The maximum absolute atomic E-state index is 6.04. The van der Waals surface area contributed by atoms with Gasteiger partial charge in [-0.25, -0.2) is 4.98 Å². The van der Waals surface area contributed by atoms with E-state index in [2.05, 4.69) is 4.98 Å². The molecule has 3 heteroatoms. The van der Waals surface area contributed by atoms with Gasteiger partial charge in [0.15, 0.2) is 0 Å². The third kappa shape index (κ3) is 2.10. The molecule has 2 N–H and O–H groups in total. The molecule has 0 fully saturated rings. The molecule has 0 aliphatic rings. The van der Waals surface area contributed by atoms with Crippen molar-refractivity contribution < 1.29 is 0 Å². The first-order valence-electron chi connectivity index (χ1n) is 4.66. The number of aromatic nitrogens is 1. The van der Waals surface area contributed by atoms with Crippen molar-refractivity contribution in [3.8, 4) is 11.3 Å². The third-order valence-electron chi connectivity index (χ3n) is 2.24. The van der Waals surface area contributed by atoms with Crippen molar-refractivity contribution >= 4 is 17.4 Å². The first-order valence-corrected chi connectivity index (χ1v) is 5.03. The van der Waals surface area contributed by atoms with Gasteiger partial charge in [0.2, 0.25) is 0 Å². The number of nitrogens with two attached hydrogens (primary N) is 1. The first kappa shape index (κ1) is 9.99. The first-order chi connectivity index (χ1) is 7.16. The van der Waals surface area contributed by atoms with E-state index in [1.54, 1.807) is 6.07 Å². The average Bonchev–Trinajstić information content (AvgIpc) is 2.22. The Bertz CT molecular complexity index is 495. The number of pyridine rings is 1. The van der Waals surface area contributed by atoms with Gasteiger partial charge in [-0.2, -0.15) is 0 Å². The number of anilines is 1. The highest BCUT2D eigenvalue weighted by atomic mass is 35.5. The molecule has 1 aromatic carbocycles. The normalized spacial score (nSPS) is 10.3. The lowest BCUT2D eigenvalue weighted by Crippen LogP contribution is -1.91. The van der Waals surface area contributed by atoms with Crippen molar-refractivity contribution in [2.24, 2.45) is 0 Å². The van der Waals surface area contributed by atoms with Crippen LogP contribution in [0.15, 0.2) is 36.4 Å². The summed E-state index contributed by atoms with van der Waals surface area (Å²) >= 11 is 6.04. The van der Waals surface area contributed by atoms with E-state index in [0.29, 0.717) is 5.82 Å². The van der Waals surface area contributed by atoms with Gasteiger partial charge < -0.3 is 5.73 Å². The minimum atomic E-state index is 0.518. The van der Waals surface area contributed by atoms with Crippen LogP contribution in [-0.4, -0.2) is 4.98 Å². The molecule has 15 heavy (non-hydrogen) atoms. The zero-order valence-corrected chi connectivity index (χ0v) is 9.12. The second kappa shape index (κ2) is 3.91. The Labute approximate surface area is 93.7 Å². The largest absolute Gasteiger partial charge is 0.384 e. The van der Waals surface area contributed by atoms with Crippen LogP contribution in [0, 0.1) is 6.92 Å². The van der Waals surface area contributed by atoms with E-state index in [0.717, 1.165) is 21.8 Å². The minimum absolute atomic E-state index is 0.518. The van der Waals surface area contributed by atoms with Crippen molar-refractivity contribution in [3.05, 3.63) is 47.0 Å². The maximum Gasteiger partial charge on any atom is 0.124 e. The fourth-order valence-corrected chi connectivity index (χ4v) is 1.54. The Morgan fingerprint density at radius 2 is 2.00 bits per heavy atom.